The largest absolute Gasteiger partial charge is 0.306 e. The zero-order valence-electron chi connectivity index (χ0n) is 17.1. The molecule has 0 bridgehead atoms. The fraction of sp³-hybridized carbons (Fsp3) is 0.0870. The third-order valence-electron chi connectivity index (χ3n) is 4.87. The van der Waals surface area contributed by atoms with E-state index in [0.717, 1.165) is 18.2 Å². The summed E-state index contributed by atoms with van der Waals surface area (Å²) < 4.78 is 61.6. The minimum Gasteiger partial charge on any atom is -0.306 e. The normalized spacial score (nSPS) is 13.0. The Morgan fingerprint density at radius 1 is 1.03 bits per heavy atom. The quantitative estimate of drug-likeness (QED) is 0.408. The fourth-order valence-electron chi connectivity index (χ4n) is 3.30. The predicted octanol–water partition coefficient (Wildman–Crippen LogP) is 5.15. The van der Waals surface area contributed by atoms with Crippen molar-refractivity contribution < 1.29 is 17.4 Å². The van der Waals surface area contributed by atoms with Crippen molar-refractivity contribution in [2.45, 2.75) is 18.4 Å². The van der Waals surface area contributed by atoms with Gasteiger partial charge in [-0.05, 0) is 54.8 Å². The molecule has 2 aromatic heterocycles. The Morgan fingerprint density at radius 3 is 2.44 bits per heavy atom. The summed E-state index contributed by atoms with van der Waals surface area (Å²) in [6, 6.07) is 10.9. The fourth-order valence-corrected chi connectivity index (χ4v) is 4.61. The first-order valence-corrected chi connectivity index (χ1v) is 11.4. The van der Waals surface area contributed by atoms with E-state index in [1.165, 1.54) is 18.2 Å². The molecular weight excluding hydrogens is 437 g/mol. The molecule has 0 aliphatic heterocycles. The number of benzene rings is 2. The maximum absolute atomic E-state index is 15.6. The summed E-state index contributed by atoms with van der Waals surface area (Å²) in [4.78, 5) is 3.76. The van der Waals surface area contributed by atoms with Gasteiger partial charge in [0.1, 0.15) is 17.3 Å². The van der Waals surface area contributed by atoms with E-state index in [2.05, 4.69) is 20.7 Å². The highest BCUT2D eigenvalue weighted by Crippen LogP contribution is 2.37. The molecule has 5 nitrogen and oxygen atoms in total. The molecule has 1 atom stereocenters. The first-order valence-electron chi connectivity index (χ1n) is 9.67. The van der Waals surface area contributed by atoms with Crippen LogP contribution < -0.4 is 4.72 Å². The number of nitrogens with one attached hydrogen (secondary N) is 1. The van der Waals surface area contributed by atoms with Crippen molar-refractivity contribution in [3.63, 3.8) is 0 Å². The van der Waals surface area contributed by atoms with E-state index in [1.807, 2.05) is 6.92 Å². The Labute approximate surface area is 183 Å². The van der Waals surface area contributed by atoms with Crippen LogP contribution in [0.15, 0.2) is 72.0 Å². The monoisotopic (exact) mass is 456 g/mol. The average molecular weight is 456 g/mol. The minimum absolute atomic E-state index is 0.0816. The van der Waals surface area contributed by atoms with Crippen LogP contribution in [0.3, 0.4) is 0 Å². The second-order valence-electron chi connectivity index (χ2n) is 6.97. The molecule has 0 aliphatic rings. The second kappa shape index (κ2) is 8.51. The van der Waals surface area contributed by atoms with Crippen LogP contribution in [-0.2, 0) is 16.3 Å². The van der Waals surface area contributed by atoms with Crippen LogP contribution in [0.1, 0.15) is 6.92 Å². The van der Waals surface area contributed by atoms with Gasteiger partial charge in [0.05, 0.1) is 25.9 Å². The number of rotatable bonds is 6. The molecular formula is C23H19F3N4OS. The average Bonchev–Trinajstić information content (AvgIpc) is 3.21. The lowest BCUT2D eigenvalue weighted by molar-refractivity contribution is 0.587. The van der Waals surface area contributed by atoms with Gasteiger partial charge in [-0.15, -0.1) is 0 Å². The molecule has 2 heterocycles. The van der Waals surface area contributed by atoms with Gasteiger partial charge < -0.3 is 4.72 Å². The first kappa shape index (κ1) is 21.6. The zero-order chi connectivity index (χ0) is 22.9. The highest BCUT2D eigenvalue weighted by molar-refractivity contribution is 8.01. The molecule has 1 unspecified atom stereocenters. The van der Waals surface area contributed by atoms with Crippen molar-refractivity contribution in [2.75, 3.05) is 4.72 Å². The molecule has 0 saturated carbocycles. The lowest BCUT2D eigenvalue weighted by Crippen LogP contribution is -2.15. The lowest BCUT2D eigenvalue weighted by Gasteiger charge is -2.16. The summed E-state index contributed by atoms with van der Waals surface area (Å²) in [6.07, 6.45) is 4.83. The summed E-state index contributed by atoms with van der Waals surface area (Å²) >= 11 is 0. The topological polar surface area (TPSA) is 59.8 Å². The van der Waals surface area contributed by atoms with Gasteiger partial charge in [-0.1, -0.05) is 12.1 Å². The number of halogens is 3. The molecule has 0 radical (unpaired) electrons. The van der Waals surface area contributed by atoms with Gasteiger partial charge in [-0.3, -0.25) is 9.67 Å². The summed E-state index contributed by atoms with van der Waals surface area (Å²) in [6.45, 7) is 2.34. The highest BCUT2D eigenvalue weighted by atomic mass is 32.2. The van der Waals surface area contributed by atoms with Gasteiger partial charge >= 0.3 is 0 Å². The van der Waals surface area contributed by atoms with Crippen LogP contribution in [0.25, 0.3) is 22.4 Å². The van der Waals surface area contributed by atoms with Gasteiger partial charge in [0.2, 0.25) is 0 Å². The molecule has 164 valence electrons. The third kappa shape index (κ3) is 3.99. The number of aromatic nitrogens is 3. The summed E-state index contributed by atoms with van der Waals surface area (Å²) in [7, 11) is -3.46. The van der Waals surface area contributed by atoms with Gasteiger partial charge in [-0.2, -0.15) is 5.10 Å². The number of hydrogen-bond acceptors (Lipinski definition) is 3. The van der Waals surface area contributed by atoms with Crippen molar-refractivity contribution in [3.05, 3.63) is 84.6 Å². The van der Waals surface area contributed by atoms with Crippen molar-refractivity contribution in [1.82, 2.24) is 14.8 Å². The zero-order valence-corrected chi connectivity index (χ0v) is 17.9. The number of aryl methyl sites for hydroxylation is 1. The number of anilines is 1. The SMILES string of the molecule is C=S(=O)(Nc1ccc(F)c(-c2nn(CC)cc2-c2ccncc2)c1F)c1ccccc1F. The first-order chi connectivity index (χ1) is 15.3. The summed E-state index contributed by atoms with van der Waals surface area (Å²) in [5.74, 6) is 0.942. The second-order valence-corrected chi connectivity index (χ2v) is 8.97. The van der Waals surface area contributed by atoms with E-state index in [-0.39, 0.29) is 16.3 Å². The van der Waals surface area contributed by atoms with Crippen LogP contribution in [0.2, 0.25) is 0 Å². The maximum atomic E-state index is 15.6. The molecule has 1 N–H and O–H groups in total. The summed E-state index contributed by atoms with van der Waals surface area (Å²) in [5.41, 5.74) is 0.597. The Balaban J connectivity index is 1.84. The van der Waals surface area contributed by atoms with Gasteiger partial charge in [0.25, 0.3) is 0 Å². The predicted molar refractivity (Wildman–Crippen MR) is 120 cm³/mol. The third-order valence-corrected chi connectivity index (χ3v) is 6.46. The molecule has 0 saturated heterocycles. The van der Waals surface area contributed by atoms with E-state index in [1.54, 1.807) is 35.4 Å². The van der Waals surface area contributed by atoms with Crippen LogP contribution >= 0.6 is 0 Å². The van der Waals surface area contributed by atoms with Crippen LogP contribution in [0.4, 0.5) is 18.9 Å². The molecule has 9 heteroatoms. The number of nitrogens with zero attached hydrogens (tertiary/aromatic N) is 3. The standard InChI is InChI=1S/C23H19F3N4OS/c1-3-30-14-16(15-10-12-27-13-11-15)23(28-30)21-18(25)8-9-19(22(21)26)29-32(2,31)20-7-5-4-6-17(20)24/h4-14H,2-3H2,1H3,(H,29,31). The van der Waals surface area contributed by atoms with Gasteiger partial charge in [0, 0.05) is 30.7 Å². The minimum atomic E-state index is -3.46. The number of hydrogen-bond donors (Lipinski definition) is 1. The van der Waals surface area contributed by atoms with Crippen molar-refractivity contribution in [1.29, 1.82) is 0 Å². The van der Waals surface area contributed by atoms with Crippen LogP contribution in [0.5, 0.6) is 0 Å². The van der Waals surface area contributed by atoms with Crippen molar-refractivity contribution in [3.8, 4) is 22.4 Å². The molecule has 32 heavy (non-hydrogen) atoms. The molecule has 2 aromatic carbocycles. The summed E-state index contributed by atoms with van der Waals surface area (Å²) in [5, 5.41) is 4.35. The molecule has 0 spiro atoms. The Hall–Kier alpha value is -3.59. The Morgan fingerprint density at radius 2 is 1.75 bits per heavy atom. The van der Waals surface area contributed by atoms with E-state index in [4.69, 9.17) is 0 Å². The van der Waals surface area contributed by atoms with Gasteiger partial charge in [-0.25, -0.2) is 17.4 Å². The van der Waals surface area contributed by atoms with Crippen molar-refractivity contribution >= 4 is 21.3 Å². The molecule has 4 aromatic rings. The lowest BCUT2D eigenvalue weighted by atomic mass is 10.0. The highest BCUT2D eigenvalue weighted by Gasteiger charge is 2.24. The smallest absolute Gasteiger partial charge is 0.159 e. The molecule has 4 rings (SSSR count). The molecule has 0 aliphatic carbocycles. The van der Waals surface area contributed by atoms with Crippen LogP contribution in [-0.4, -0.2) is 24.8 Å². The Bertz CT molecular complexity index is 1390. The molecule has 0 fully saturated rings. The Kier molecular flexibility index (Phi) is 5.75. The van der Waals surface area contributed by atoms with Crippen LogP contribution in [0, 0.1) is 17.5 Å². The molecule has 0 amide bonds. The van der Waals surface area contributed by atoms with Gasteiger partial charge in [0.15, 0.2) is 5.82 Å². The number of pyridine rings is 1. The maximum Gasteiger partial charge on any atom is 0.159 e. The van der Waals surface area contributed by atoms with E-state index < -0.39 is 32.7 Å². The van der Waals surface area contributed by atoms with E-state index >= 15 is 4.39 Å². The van der Waals surface area contributed by atoms with E-state index in [9.17, 15) is 13.0 Å². The van der Waals surface area contributed by atoms with E-state index in [0.29, 0.717) is 17.7 Å². The van der Waals surface area contributed by atoms with Crippen molar-refractivity contribution in [2.24, 2.45) is 0 Å².